The van der Waals surface area contributed by atoms with Crippen molar-refractivity contribution in [2.24, 2.45) is 0 Å². The monoisotopic (exact) mass is 534 g/mol. The summed E-state index contributed by atoms with van der Waals surface area (Å²) in [6.45, 7) is 5.45. The van der Waals surface area contributed by atoms with E-state index >= 15 is 8.78 Å². The number of anilines is 1. The highest BCUT2D eigenvalue weighted by molar-refractivity contribution is 6.23. The van der Waals surface area contributed by atoms with Gasteiger partial charge in [-0.15, -0.1) is 0 Å². The summed E-state index contributed by atoms with van der Waals surface area (Å²) in [6, 6.07) is 9.27. The molecule has 0 bridgehead atoms. The Balaban J connectivity index is 1.50. The zero-order valence-electron chi connectivity index (χ0n) is 21.2. The Morgan fingerprint density at radius 3 is 2.57 bits per heavy atom. The van der Waals surface area contributed by atoms with Crippen molar-refractivity contribution in [1.82, 2.24) is 14.8 Å². The summed E-state index contributed by atoms with van der Waals surface area (Å²) in [7, 11) is 0. The van der Waals surface area contributed by atoms with Gasteiger partial charge >= 0.3 is 0 Å². The molecule has 2 aromatic carbocycles. The number of H-pyrrole nitrogens is 1. The van der Waals surface area contributed by atoms with E-state index in [1.54, 1.807) is 4.90 Å². The maximum absolute atomic E-state index is 15.8. The van der Waals surface area contributed by atoms with Crippen molar-refractivity contribution in [3.05, 3.63) is 64.9 Å². The largest absolute Gasteiger partial charge is 0.392 e. The number of fused-ring (bicyclic) bond motifs is 3. The van der Waals surface area contributed by atoms with Crippen LogP contribution < -0.4 is 5.32 Å². The van der Waals surface area contributed by atoms with Gasteiger partial charge in [0, 0.05) is 47.0 Å². The van der Waals surface area contributed by atoms with Crippen LogP contribution in [0.2, 0.25) is 0 Å². The fourth-order valence-corrected chi connectivity index (χ4v) is 5.91. The second kappa shape index (κ2) is 10.5. The van der Waals surface area contributed by atoms with Gasteiger partial charge < -0.3 is 15.4 Å². The zero-order chi connectivity index (χ0) is 26.3. The minimum absolute atomic E-state index is 0.140. The summed E-state index contributed by atoms with van der Waals surface area (Å²) >= 11 is 5.94. The highest BCUT2D eigenvalue weighted by Crippen LogP contribution is 2.44. The molecular formula is C28H34ClF3N4O. The minimum atomic E-state index is -2.45. The average molecular weight is 535 g/mol. The summed E-state index contributed by atoms with van der Waals surface area (Å²) in [5.41, 5.74) is 2.65. The molecule has 200 valence electrons. The van der Waals surface area contributed by atoms with Gasteiger partial charge in [-0.3, -0.25) is 9.80 Å². The molecule has 5 rings (SSSR count). The predicted octanol–water partition coefficient (Wildman–Crippen LogP) is 5.58. The molecule has 3 heterocycles. The topological polar surface area (TPSA) is 54.5 Å². The first-order valence-electron chi connectivity index (χ1n) is 13.0. The van der Waals surface area contributed by atoms with E-state index in [4.69, 9.17) is 11.6 Å². The molecule has 0 aliphatic carbocycles. The van der Waals surface area contributed by atoms with E-state index in [1.165, 1.54) is 12.1 Å². The minimum Gasteiger partial charge on any atom is -0.392 e. The van der Waals surface area contributed by atoms with Crippen LogP contribution in [0, 0.1) is 11.6 Å². The van der Waals surface area contributed by atoms with Crippen molar-refractivity contribution in [1.29, 1.82) is 0 Å². The molecule has 2 aliphatic heterocycles. The molecule has 5 nitrogen and oxygen atoms in total. The van der Waals surface area contributed by atoms with E-state index in [-0.39, 0.29) is 24.2 Å². The third-order valence-electron chi connectivity index (χ3n) is 7.67. The summed E-state index contributed by atoms with van der Waals surface area (Å²) in [5, 5.41) is 11.3. The smallest absolute Gasteiger partial charge is 0.218 e. The Kier molecular flexibility index (Phi) is 7.47. The fraction of sp³-hybridized carbons (Fsp3) is 0.500. The van der Waals surface area contributed by atoms with Crippen LogP contribution in [0.3, 0.4) is 0 Å². The molecule has 0 radical (unpaired) electrons. The number of aliphatic hydroxyl groups excluding tert-OH is 1. The second-order valence-electron chi connectivity index (χ2n) is 10.5. The number of aliphatic hydroxyl groups is 1. The van der Waals surface area contributed by atoms with Crippen molar-refractivity contribution in [2.75, 3.05) is 38.1 Å². The summed E-state index contributed by atoms with van der Waals surface area (Å²) in [6.07, 6.45) is 2.82. The lowest BCUT2D eigenvalue weighted by Gasteiger charge is -2.43. The van der Waals surface area contributed by atoms with E-state index in [0.29, 0.717) is 17.8 Å². The predicted molar refractivity (Wildman–Crippen MR) is 142 cm³/mol. The van der Waals surface area contributed by atoms with Crippen LogP contribution in [0.25, 0.3) is 10.9 Å². The van der Waals surface area contributed by atoms with Crippen molar-refractivity contribution in [3.8, 4) is 0 Å². The SMILES string of the molecule is CCCCN1CC(Nc2cc(F)c(C3c4[nH]c5ccccc5c4CC(C)N3CC(F)(Cl)CO)c(F)c2)C1. The number of halogens is 4. The Morgan fingerprint density at radius 2 is 1.89 bits per heavy atom. The molecule has 1 fully saturated rings. The number of benzene rings is 2. The molecule has 9 heteroatoms. The maximum Gasteiger partial charge on any atom is 0.218 e. The highest BCUT2D eigenvalue weighted by Gasteiger charge is 2.42. The standard InChI is InChI=1S/C28H34ClF3N4O/c1-3-4-9-35-13-19(14-35)33-18-11-22(30)25(23(31)12-18)27-26-21(20-7-5-6-8-24(20)34-26)10-17(2)36(27)15-28(29,32)16-37/h5-8,11-12,17,19,27,33-34,37H,3-4,9-10,13-16H2,1-2H3. The van der Waals surface area contributed by atoms with Crippen molar-refractivity contribution < 1.29 is 18.3 Å². The number of hydrogen-bond acceptors (Lipinski definition) is 4. The molecule has 1 saturated heterocycles. The Labute approximate surface area is 220 Å². The molecule has 2 aliphatic rings. The molecule has 3 unspecified atom stereocenters. The van der Waals surface area contributed by atoms with Crippen LogP contribution in [-0.2, 0) is 6.42 Å². The number of rotatable bonds is 9. The van der Waals surface area contributed by atoms with Gasteiger partial charge in [-0.2, -0.15) is 0 Å². The molecule has 0 amide bonds. The van der Waals surface area contributed by atoms with Gasteiger partial charge in [0.1, 0.15) is 11.6 Å². The fourth-order valence-electron chi connectivity index (χ4n) is 5.77. The Hall–Kier alpha value is -2.26. The van der Waals surface area contributed by atoms with Crippen LogP contribution in [0.1, 0.15) is 49.6 Å². The van der Waals surface area contributed by atoms with Crippen LogP contribution in [-0.4, -0.2) is 69.9 Å². The molecule has 0 saturated carbocycles. The number of likely N-dealkylation sites (tertiary alicyclic amines) is 1. The molecule has 3 aromatic rings. The van der Waals surface area contributed by atoms with E-state index in [9.17, 15) is 9.50 Å². The number of aromatic amines is 1. The maximum atomic E-state index is 15.8. The normalized spacial score (nSPS) is 22.6. The highest BCUT2D eigenvalue weighted by atomic mass is 35.5. The first-order valence-corrected chi connectivity index (χ1v) is 13.4. The molecule has 3 atom stereocenters. The van der Waals surface area contributed by atoms with Crippen LogP contribution >= 0.6 is 11.6 Å². The van der Waals surface area contributed by atoms with E-state index in [1.807, 2.05) is 31.2 Å². The molecule has 3 N–H and O–H groups in total. The molecule has 0 spiro atoms. The van der Waals surface area contributed by atoms with Crippen LogP contribution in [0.4, 0.5) is 18.9 Å². The number of alkyl halides is 2. The summed E-state index contributed by atoms with van der Waals surface area (Å²) in [4.78, 5) is 7.30. The van der Waals surface area contributed by atoms with Crippen molar-refractivity contribution in [3.63, 3.8) is 0 Å². The molecule has 1 aromatic heterocycles. The first kappa shape index (κ1) is 26.4. The van der Waals surface area contributed by atoms with Crippen LogP contribution in [0.5, 0.6) is 0 Å². The number of unbranched alkanes of at least 4 members (excludes halogenated alkanes) is 1. The number of nitrogens with one attached hydrogen (secondary N) is 2. The van der Waals surface area contributed by atoms with Gasteiger partial charge in [-0.05, 0) is 50.1 Å². The van der Waals surface area contributed by atoms with Gasteiger partial charge in [0.2, 0.25) is 5.13 Å². The third kappa shape index (κ3) is 5.21. The van der Waals surface area contributed by atoms with Gasteiger partial charge in [-0.1, -0.05) is 43.1 Å². The first-order chi connectivity index (χ1) is 17.7. The van der Waals surface area contributed by atoms with E-state index < -0.39 is 29.4 Å². The summed E-state index contributed by atoms with van der Waals surface area (Å²) < 4.78 is 46.4. The lowest BCUT2D eigenvalue weighted by molar-refractivity contribution is 0.0535. The van der Waals surface area contributed by atoms with Gasteiger partial charge in [0.15, 0.2) is 0 Å². The molecular weight excluding hydrogens is 501 g/mol. The second-order valence-corrected chi connectivity index (χ2v) is 11.2. The zero-order valence-corrected chi connectivity index (χ0v) is 22.0. The van der Waals surface area contributed by atoms with Crippen molar-refractivity contribution >= 4 is 28.2 Å². The van der Waals surface area contributed by atoms with Gasteiger partial charge in [0.05, 0.1) is 25.2 Å². The molecule has 37 heavy (non-hydrogen) atoms. The number of aromatic nitrogens is 1. The van der Waals surface area contributed by atoms with E-state index in [0.717, 1.165) is 48.9 Å². The lowest BCUT2D eigenvalue weighted by atomic mass is 9.87. The number of hydrogen-bond donors (Lipinski definition) is 3. The number of nitrogens with zero attached hydrogens (tertiary/aromatic N) is 2. The van der Waals surface area contributed by atoms with Gasteiger partial charge in [0.25, 0.3) is 0 Å². The van der Waals surface area contributed by atoms with Crippen molar-refractivity contribution in [2.45, 2.75) is 56.4 Å². The quantitative estimate of drug-likeness (QED) is 0.314. The van der Waals surface area contributed by atoms with E-state index in [2.05, 4.69) is 22.1 Å². The van der Waals surface area contributed by atoms with Gasteiger partial charge in [-0.25, -0.2) is 13.2 Å². The summed E-state index contributed by atoms with van der Waals surface area (Å²) in [5.74, 6) is -1.41. The average Bonchev–Trinajstić information content (AvgIpc) is 3.19. The van der Waals surface area contributed by atoms with Crippen LogP contribution in [0.15, 0.2) is 36.4 Å². The number of para-hydroxylation sites is 1. The Bertz CT molecular complexity index is 1240. The lowest BCUT2D eigenvalue weighted by Crippen LogP contribution is -2.54. The third-order valence-corrected chi connectivity index (χ3v) is 7.91. The Morgan fingerprint density at radius 1 is 1.19 bits per heavy atom.